The lowest BCUT2D eigenvalue weighted by Gasteiger charge is -2.47. The molecule has 1 aliphatic rings. The molecule has 2 aromatic rings. The van der Waals surface area contributed by atoms with Crippen LogP contribution in [0.25, 0.3) is 0 Å². The van der Waals surface area contributed by atoms with Gasteiger partial charge in [-0.2, -0.15) is 0 Å². The number of carbonyl (C=O) groups is 1. The maximum absolute atomic E-state index is 11.1. The van der Waals surface area contributed by atoms with E-state index in [4.69, 9.17) is 14.6 Å². The number of fused-ring (bicyclic) bond motifs is 1. The predicted octanol–water partition coefficient (Wildman–Crippen LogP) is 7.30. The highest BCUT2D eigenvalue weighted by atomic mass is 32.2. The van der Waals surface area contributed by atoms with Crippen molar-refractivity contribution in [2.75, 3.05) is 20.0 Å². The van der Waals surface area contributed by atoms with Crippen molar-refractivity contribution >= 4 is 17.7 Å². The number of benzene rings is 2. The van der Waals surface area contributed by atoms with E-state index in [2.05, 4.69) is 56.3 Å². The molecule has 1 N–H and O–H groups in total. The number of methoxy groups -OCH3 is 2. The summed E-state index contributed by atoms with van der Waals surface area (Å²) in [6, 6.07) is 15.1. The largest absolute Gasteiger partial charge is 0.497 e. The number of aliphatic carboxylic acids is 1. The third-order valence-corrected chi connectivity index (χ3v) is 8.54. The van der Waals surface area contributed by atoms with Crippen LogP contribution in [-0.2, 0) is 10.2 Å². The molecule has 1 aliphatic heterocycles. The normalized spacial score (nSPS) is 20.7. The molecule has 1 heterocycles. The number of ether oxygens (including phenoxy) is 2. The maximum atomic E-state index is 11.1. The second-order valence-corrected chi connectivity index (χ2v) is 10.4. The average molecular weight is 471 g/mol. The molecule has 0 spiro atoms. The summed E-state index contributed by atoms with van der Waals surface area (Å²) in [5, 5.41) is 9.10. The van der Waals surface area contributed by atoms with E-state index in [-0.39, 0.29) is 11.8 Å². The van der Waals surface area contributed by atoms with E-state index in [1.54, 1.807) is 14.2 Å². The van der Waals surface area contributed by atoms with Crippen molar-refractivity contribution < 1.29 is 19.4 Å². The molecule has 3 unspecified atom stereocenters. The van der Waals surface area contributed by atoms with Gasteiger partial charge in [0.15, 0.2) is 0 Å². The van der Waals surface area contributed by atoms with Crippen molar-refractivity contribution in [3.8, 4) is 11.5 Å². The average Bonchev–Trinajstić information content (AvgIpc) is 2.83. The zero-order chi connectivity index (χ0) is 23.8. The molecule has 0 aromatic heterocycles. The fourth-order valence-electron chi connectivity index (χ4n) is 5.32. The van der Waals surface area contributed by atoms with Crippen molar-refractivity contribution in [2.24, 2.45) is 5.92 Å². The Hall–Kier alpha value is -2.14. The first-order valence-corrected chi connectivity index (χ1v) is 13.1. The molecular formula is C28H38O4S. The minimum atomic E-state index is -0.699. The van der Waals surface area contributed by atoms with Crippen LogP contribution in [0.4, 0.5) is 0 Å². The molecule has 0 bridgehead atoms. The van der Waals surface area contributed by atoms with Gasteiger partial charge in [-0.05, 0) is 66.5 Å². The van der Waals surface area contributed by atoms with Crippen LogP contribution in [0.3, 0.4) is 0 Å². The van der Waals surface area contributed by atoms with Crippen molar-refractivity contribution in [3.63, 3.8) is 0 Å². The van der Waals surface area contributed by atoms with Crippen LogP contribution in [-0.4, -0.2) is 31.0 Å². The number of hydrogen-bond acceptors (Lipinski definition) is 4. The first kappa shape index (κ1) is 25.5. The Morgan fingerprint density at radius 1 is 1.06 bits per heavy atom. The lowest BCUT2D eigenvalue weighted by molar-refractivity contribution is -0.137. The fourth-order valence-corrected chi connectivity index (χ4v) is 6.68. The number of rotatable bonds is 12. The Morgan fingerprint density at radius 3 is 2.36 bits per heavy atom. The molecule has 33 heavy (non-hydrogen) atoms. The summed E-state index contributed by atoms with van der Waals surface area (Å²) in [5.74, 6) is 2.95. The van der Waals surface area contributed by atoms with Crippen LogP contribution in [0.15, 0.2) is 47.4 Å². The van der Waals surface area contributed by atoms with E-state index in [0.717, 1.165) is 42.9 Å². The van der Waals surface area contributed by atoms with Crippen LogP contribution in [0.2, 0.25) is 0 Å². The van der Waals surface area contributed by atoms with Crippen molar-refractivity contribution in [1.29, 1.82) is 0 Å². The minimum Gasteiger partial charge on any atom is -0.497 e. The van der Waals surface area contributed by atoms with Gasteiger partial charge in [-0.1, -0.05) is 51.3 Å². The molecule has 5 heteroatoms. The molecule has 180 valence electrons. The summed E-state index contributed by atoms with van der Waals surface area (Å²) in [4.78, 5) is 12.4. The highest BCUT2D eigenvalue weighted by molar-refractivity contribution is 7.99. The molecule has 3 atom stereocenters. The van der Waals surface area contributed by atoms with Gasteiger partial charge in [-0.25, -0.2) is 0 Å². The zero-order valence-electron chi connectivity index (χ0n) is 20.4. The predicted molar refractivity (Wildman–Crippen MR) is 136 cm³/mol. The number of carboxylic acids is 1. The standard InChI is InChI=1S/C28H38O4S/c1-5-6-9-20(10-7-8-11-26(29)30)27-24-17-16-23(32-4)18-25(24)33-19-28(27,2)21-12-14-22(31-3)15-13-21/h12-18,20,27H,5-11,19H2,1-4H3,(H,29,30). The smallest absolute Gasteiger partial charge is 0.303 e. The van der Waals surface area contributed by atoms with Crippen LogP contribution in [0.1, 0.15) is 75.8 Å². The third kappa shape index (κ3) is 6.06. The molecule has 2 aromatic carbocycles. The van der Waals surface area contributed by atoms with Gasteiger partial charge in [0.25, 0.3) is 0 Å². The maximum Gasteiger partial charge on any atom is 0.303 e. The number of unbranched alkanes of at least 4 members (excludes halogenated alkanes) is 2. The molecule has 0 amide bonds. The van der Waals surface area contributed by atoms with Gasteiger partial charge in [-0.3, -0.25) is 4.79 Å². The van der Waals surface area contributed by atoms with Crippen LogP contribution >= 0.6 is 11.8 Å². The van der Waals surface area contributed by atoms with Gasteiger partial charge in [-0.15, -0.1) is 11.8 Å². The Kier molecular flexibility index (Phi) is 9.13. The quantitative estimate of drug-likeness (QED) is 0.330. The van der Waals surface area contributed by atoms with E-state index in [9.17, 15) is 4.79 Å². The number of carboxylic acid groups (broad SMARTS) is 1. The number of hydrogen-bond donors (Lipinski definition) is 1. The van der Waals surface area contributed by atoms with Gasteiger partial charge in [0, 0.05) is 22.5 Å². The molecule has 0 radical (unpaired) electrons. The lowest BCUT2D eigenvalue weighted by atomic mass is 9.62. The van der Waals surface area contributed by atoms with Gasteiger partial charge in [0.1, 0.15) is 11.5 Å². The Balaban J connectivity index is 2.01. The molecule has 0 aliphatic carbocycles. The fraction of sp³-hybridized carbons (Fsp3) is 0.536. The van der Waals surface area contributed by atoms with E-state index in [1.807, 2.05) is 11.8 Å². The molecule has 0 fully saturated rings. The Labute approximate surface area is 203 Å². The molecule has 3 rings (SSSR count). The first-order valence-electron chi connectivity index (χ1n) is 12.1. The summed E-state index contributed by atoms with van der Waals surface area (Å²) in [7, 11) is 3.43. The lowest BCUT2D eigenvalue weighted by Crippen LogP contribution is -2.40. The Bertz CT molecular complexity index is 911. The molecule has 0 saturated carbocycles. The van der Waals surface area contributed by atoms with Gasteiger partial charge in [0.2, 0.25) is 0 Å². The molecule has 4 nitrogen and oxygen atoms in total. The van der Waals surface area contributed by atoms with Crippen molar-refractivity contribution in [3.05, 3.63) is 53.6 Å². The van der Waals surface area contributed by atoms with Crippen molar-refractivity contribution in [1.82, 2.24) is 0 Å². The molecular weight excluding hydrogens is 432 g/mol. The summed E-state index contributed by atoms with van der Waals surface area (Å²) in [6.45, 7) is 4.66. The summed E-state index contributed by atoms with van der Waals surface area (Å²) < 4.78 is 10.9. The van der Waals surface area contributed by atoms with Crippen molar-refractivity contribution in [2.45, 2.75) is 75.0 Å². The Morgan fingerprint density at radius 2 is 1.73 bits per heavy atom. The van der Waals surface area contributed by atoms with Crippen LogP contribution < -0.4 is 9.47 Å². The monoisotopic (exact) mass is 470 g/mol. The van der Waals surface area contributed by atoms with E-state index >= 15 is 0 Å². The topological polar surface area (TPSA) is 55.8 Å². The zero-order valence-corrected chi connectivity index (χ0v) is 21.2. The van der Waals surface area contributed by atoms with Gasteiger partial charge < -0.3 is 14.6 Å². The SMILES string of the molecule is CCCCC(CCCCC(=O)O)C1c2ccc(OC)cc2SCC1(C)c1ccc(OC)cc1. The summed E-state index contributed by atoms with van der Waals surface area (Å²) in [5.41, 5.74) is 2.73. The van der Waals surface area contributed by atoms with E-state index in [0.29, 0.717) is 11.8 Å². The third-order valence-electron chi connectivity index (χ3n) is 7.13. The molecule has 0 saturated heterocycles. The van der Waals surface area contributed by atoms with Gasteiger partial charge in [0.05, 0.1) is 14.2 Å². The second-order valence-electron chi connectivity index (χ2n) is 9.36. The first-order chi connectivity index (χ1) is 15.9. The summed E-state index contributed by atoms with van der Waals surface area (Å²) in [6.07, 6.45) is 6.53. The summed E-state index contributed by atoms with van der Waals surface area (Å²) >= 11 is 1.92. The highest BCUT2D eigenvalue weighted by Gasteiger charge is 2.45. The van der Waals surface area contributed by atoms with E-state index < -0.39 is 5.97 Å². The minimum absolute atomic E-state index is 0.0241. The number of thioether (sulfide) groups is 1. The van der Waals surface area contributed by atoms with E-state index in [1.165, 1.54) is 28.9 Å². The highest BCUT2D eigenvalue weighted by Crippen LogP contribution is 2.55. The van der Waals surface area contributed by atoms with Crippen LogP contribution in [0.5, 0.6) is 11.5 Å². The van der Waals surface area contributed by atoms with Crippen LogP contribution in [0, 0.1) is 5.92 Å². The second kappa shape index (κ2) is 11.8. The van der Waals surface area contributed by atoms with Gasteiger partial charge >= 0.3 is 5.97 Å².